The van der Waals surface area contributed by atoms with Crippen LogP contribution in [0.4, 0.5) is 5.82 Å². The van der Waals surface area contributed by atoms with Gasteiger partial charge in [-0.1, -0.05) is 102 Å². The maximum Gasteiger partial charge on any atom is 0.326 e. The summed E-state index contributed by atoms with van der Waals surface area (Å²) >= 11 is 12.9. The Morgan fingerprint density at radius 2 is 1.51 bits per heavy atom. The van der Waals surface area contributed by atoms with Gasteiger partial charge in [0.05, 0.1) is 5.69 Å². The van der Waals surface area contributed by atoms with E-state index < -0.39 is 11.5 Å². The number of anilines is 1. The zero-order valence-corrected chi connectivity index (χ0v) is 20.3. The van der Waals surface area contributed by atoms with Crippen LogP contribution < -0.4 is 10.9 Å². The molecule has 0 amide bonds. The molecular formula is C27H23Cl2N3O3. The lowest BCUT2D eigenvalue weighted by atomic mass is 10.1. The van der Waals surface area contributed by atoms with Crippen LogP contribution in [-0.4, -0.2) is 22.1 Å². The van der Waals surface area contributed by atoms with Crippen LogP contribution in [0.5, 0.6) is 0 Å². The number of carbonyl (C=O) groups is 1. The summed E-state index contributed by atoms with van der Waals surface area (Å²) in [6.07, 6.45) is 0.685. The minimum absolute atomic E-state index is 0.0516. The second-order valence-corrected chi connectivity index (χ2v) is 8.54. The fraction of sp³-hybridized carbons (Fsp3) is 0.148. The molecule has 0 saturated carbocycles. The largest absolute Gasteiger partial charge is 0.459 e. The van der Waals surface area contributed by atoms with Gasteiger partial charge in [-0.25, -0.2) is 4.98 Å². The van der Waals surface area contributed by atoms with E-state index in [1.165, 1.54) is 4.57 Å². The Morgan fingerprint density at radius 1 is 0.886 bits per heavy atom. The summed E-state index contributed by atoms with van der Waals surface area (Å²) in [5.41, 5.74) is 2.22. The Kier molecular flexibility index (Phi) is 8.19. The van der Waals surface area contributed by atoms with E-state index in [1.807, 2.05) is 60.7 Å². The minimum atomic E-state index is -0.582. The van der Waals surface area contributed by atoms with Gasteiger partial charge in [0, 0.05) is 17.1 Å². The van der Waals surface area contributed by atoms with E-state index in [2.05, 4.69) is 10.3 Å². The molecule has 0 saturated heterocycles. The van der Waals surface area contributed by atoms with E-state index in [1.54, 1.807) is 24.3 Å². The van der Waals surface area contributed by atoms with Crippen LogP contribution in [0.25, 0.3) is 11.3 Å². The monoisotopic (exact) mass is 507 g/mol. The van der Waals surface area contributed by atoms with Gasteiger partial charge in [-0.15, -0.1) is 0 Å². The van der Waals surface area contributed by atoms with Crippen molar-refractivity contribution in [1.29, 1.82) is 0 Å². The highest BCUT2D eigenvalue weighted by atomic mass is 35.5. The number of carbonyl (C=O) groups excluding carboxylic acids is 1. The third kappa shape index (κ3) is 6.29. The molecule has 1 N–H and O–H groups in total. The molecule has 8 heteroatoms. The van der Waals surface area contributed by atoms with Gasteiger partial charge in [0.15, 0.2) is 11.0 Å². The number of aromatic nitrogens is 2. The van der Waals surface area contributed by atoms with Crippen molar-refractivity contribution in [1.82, 2.24) is 9.55 Å². The first-order valence-corrected chi connectivity index (χ1v) is 11.8. The van der Waals surface area contributed by atoms with Crippen molar-refractivity contribution < 1.29 is 9.53 Å². The van der Waals surface area contributed by atoms with Crippen LogP contribution in [0.15, 0.2) is 89.7 Å². The summed E-state index contributed by atoms with van der Waals surface area (Å²) in [6, 6.07) is 26.1. The van der Waals surface area contributed by atoms with Gasteiger partial charge >= 0.3 is 5.97 Å². The van der Waals surface area contributed by atoms with Gasteiger partial charge in [-0.05, 0) is 23.6 Å². The lowest BCUT2D eigenvalue weighted by molar-refractivity contribution is -0.145. The molecule has 0 radical (unpaired) electrons. The van der Waals surface area contributed by atoms with E-state index in [0.717, 1.165) is 11.1 Å². The molecule has 1 aromatic heterocycles. The number of ether oxygens (including phenoxy) is 1. The summed E-state index contributed by atoms with van der Waals surface area (Å²) in [6.45, 7) is 0.213. The van der Waals surface area contributed by atoms with Crippen molar-refractivity contribution in [2.45, 2.75) is 19.6 Å². The first kappa shape index (κ1) is 24.5. The molecule has 0 aliphatic heterocycles. The van der Waals surface area contributed by atoms with Crippen LogP contribution in [0.3, 0.4) is 0 Å². The Morgan fingerprint density at radius 3 is 2.20 bits per heavy atom. The lowest BCUT2D eigenvalue weighted by Gasteiger charge is -2.17. The summed E-state index contributed by atoms with van der Waals surface area (Å²) in [5.74, 6) is -0.528. The molecule has 178 valence electrons. The van der Waals surface area contributed by atoms with Crippen LogP contribution in [0, 0.1) is 0 Å². The van der Waals surface area contributed by atoms with Crippen LogP contribution in [-0.2, 0) is 29.1 Å². The average Bonchev–Trinajstić information content (AvgIpc) is 2.88. The molecule has 0 atom stereocenters. The molecule has 35 heavy (non-hydrogen) atoms. The van der Waals surface area contributed by atoms with Crippen molar-refractivity contribution >= 4 is 35.0 Å². The smallest absolute Gasteiger partial charge is 0.326 e. The van der Waals surface area contributed by atoms with E-state index in [9.17, 15) is 9.59 Å². The third-order valence-electron chi connectivity index (χ3n) is 5.33. The van der Waals surface area contributed by atoms with Crippen molar-refractivity contribution in [2.24, 2.45) is 0 Å². The zero-order valence-electron chi connectivity index (χ0n) is 18.8. The maximum absolute atomic E-state index is 13.4. The molecule has 6 nitrogen and oxygen atoms in total. The summed E-state index contributed by atoms with van der Waals surface area (Å²) in [7, 11) is 0. The first-order chi connectivity index (χ1) is 17.0. The molecule has 1 heterocycles. The van der Waals surface area contributed by atoms with Gasteiger partial charge in [-0.2, -0.15) is 0 Å². The first-order valence-electron chi connectivity index (χ1n) is 11.1. The topological polar surface area (TPSA) is 73.2 Å². The van der Waals surface area contributed by atoms with Crippen LogP contribution >= 0.6 is 23.2 Å². The number of hydrogen-bond donors (Lipinski definition) is 1. The predicted molar refractivity (Wildman–Crippen MR) is 139 cm³/mol. The van der Waals surface area contributed by atoms with Crippen molar-refractivity contribution in [2.75, 3.05) is 11.9 Å². The molecule has 0 spiro atoms. The number of esters is 1. The molecule has 0 aliphatic rings. The van der Waals surface area contributed by atoms with Gasteiger partial charge in [0.1, 0.15) is 13.2 Å². The molecular weight excluding hydrogens is 485 g/mol. The van der Waals surface area contributed by atoms with Gasteiger partial charge in [0.25, 0.3) is 5.56 Å². The molecule has 0 aliphatic carbocycles. The van der Waals surface area contributed by atoms with Crippen molar-refractivity contribution in [3.05, 3.63) is 117 Å². The third-order valence-corrected chi connectivity index (χ3v) is 5.92. The normalized spacial score (nSPS) is 10.7. The summed E-state index contributed by atoms with van der Waals surface area (Å²) in [4.78, 5) is 30.4. The number of hydrogen-bond acceptors (Lipinski definition) is 5. The van der Waals surface area contributed by atoms with Gasteiger partial charge in [-0.3, -0.25) is 14.2 Å². The molecule has 4 rings (SSSR count). The Bertz CT molecular complexity index is 1360. The molecule has 4 aromatic rings. The second-order valence-electron chi connectivity index (χ2n) is 7.78. The SMILES string of the molecule is O=C(Cn1c(-c2ccccc2Cl)c(Cl)nc(NCCc2ccccc2)c1=O)OCc1ccccc1. The van der Waals surface area contributed by atoms with Gasteiger partial charge in [0.2, 0.25) is 0 Å². The predicted octanol–water partition coefficient (Wildman–Crippen LogP) is 5.62. The zero-order chi connectivity index (χ0) is 24.6. The standard InChI is InChI=1S/C27H23Cl2N3O3/c28-22-14-8-7-13-21(22)24-25(29)31-26(30-16-15-19-9-3-1-4-10-19)27(34)32(24)17-23(33)35-18-20-11-5-2-6-12-20/h1-14H,15-18H2,(H,30,31). The number of benzene rings is 3. The Balaban J connectivity index is 1.62. The number of nitrogens with zero attached hydrogens (tertiary/aromatic N) is 2. The minimum Gasteiger partial charge on any atom is -0.459 e. The van der Waals surface area contributed by atoms with Crippen molar-refractivity contribution in [3.63, 3.8) is 0 Å². The van der Waals surface area contributed by atoms with E-state index in [4.69, 9.17) is 27.9 Å². The molecule has 0 unspecified atom stereocenters. The maximum atomic E-state index is 13.4. The number of rotatable bonds is 9. The fourth-order valence-corrected chi connectivity index (χ4v) is 4.11. The average molecular weight is 508 g/mol. The second kappa shape index (κ2) is 11.7. The highest BCUT2D eigenvalue weighted by Gasteiger charge is 2.21. The number of nitrogens with one attached hydrogen (secondary N) is 1. The van der Waals surface area contributed by atoms with Crippen molar-refractivity contribution in [3.8, 4) is 11.3 Å². The highest BCUT2D eigenvalue weighted by Crippen LogP contribution is 2.32. The summed E-state index contributed by atoms with van der Waals surface area (Å²) in [5, 5.41) is 3.49. The summed E-state index contributed by atoms with van der Waals surface area (Å²) < 4.78 is 6.67. The highest BCUT2D eigenvalue weighted by molar-refractivity contribution is 6.35. The van der Waals surface area contributed by atoms with E-state index >= 15 is 0 Å². The lowest BCUT2D eigenvalue weighted by Crippen LogP contribution is -2.30. The van der Waals surface area contributed by atoms with Crippen LogP contribution in [0.1, 0.15) is 11.1 Å². The Labute approximate surface area is 213 Å². The quantitative estimate of drug-likeness (QED) is 0.298. The Hall–Kier alpha value is -3.61. The molecule has 3 aromatic carbocycles. The fourth-order valence-electron chi connectivity index (χ4n) is 3.60. The van der Waals surface area contributed by atoms with E-state index in [-0.39, 0.29) is 29.8 Å². The van der Waals surface area contributed by atoms with Crippen LogP contribution in [0.2, 0.25) is 10.2 Å². The molecule has 0 bridgehead atoms. The van der Waals surface area contributed by atoms with E-state index in [0.29, 0.717) is 23.6 Å². The van der Waals surface area contributed by atoms with Gasteiger partial charge < -0.3 is 10.1 Å². The number of halogens is 2. The molecule has 0 fully saturated rings.